The number of thioether (sulfide) groups is 1. The van der Waals surface area contributed by atoms with Gasteiger partial charge in [0.25, 0.3) is 0 Å². The first-order chi connectivity index (χ1) is 8.54. The van der Waals surface area contributed by atoms with Gasteiger partial charge in [0.1, 0.15) is 0 Å². The molecule has 3 rings (SSSR count). The van der Waals surface area contributed by atoms with Crippen LogP contribution in [0.25, 0.3) is 4.98 Å². The molecule has 2 fully saturated rings. The molecule has 0 N–H and O–H groups in total. The number of fused-ring (bicyclic) bond motifs is 3. The van der Waals surface area contributed by atoms with E-state index in [9.17, 15) is 0 Å². The number of hydrogen-bond donors (Lipinski definition) is 0. The van der Waals surface area contributed by atoms with Crippen molar-refractivity contribution in [2.24, 2.45) is 17.8 Å². The van der Waals surface area contributed by atoms with Gasteiger partial charge in [-0.05, 0) is 41.5 Å². The van der Waals surface area contributed by atoms with Crippen molar-refractivity contribution in [2.45, 2.75) is 56.5 Å². The third kappa shape index (κ3) is 4.14. The van der Waals surface area contributed by atoms with Crippen LogP contribution < -0.4 is 0 Å². The summed E-state index contributed by atoms with van der Waals surface area (Å²) >= 11 is 2.19. The molecule has 3 aliphatic rings. The van der Waals surface area contributed by atoms with Gasteiger partial charge in [0.2, 0.25) is 0 Å². The van der Waals surface area contributed by atoms with E-state index in [-0.39, 0.29) is 44.0 Å². The van der Waals surface area contributed by atoms with Crippen LogP contribution in [0.3, 0.4) is 0 Å². The Bertz CT molecular complexity index is 372. The summed E-state index contributed by atoms with van der Waals surface area (Å²) in [5, 5.41) is 0.878. The van der Waals surface area contributed by atoms with Gasteiger partial charge in [-0.25, -0.2) is 0 Å². The van der Waals surface area contributed by atoms with Crippen molar-refractivity contribution < 1.29 is 21.7 Å². The molecule has 0 aromatic rings. The summed E-state index contributed by atoms with van der Waals surface area (Å²) in [7, 11) is 0.684. The van der Waals surface area contributed by atoms with Gasteiger partial charge < -0.3 is 27.3 Å². The van der Waals surface area contributed by atoms with Gasteiger partial charge in [-0.3, -0.25) is 0 Å². The van der Waals surface area contributed by atoms with E-state index >= 15 is 0 Å². The molecule has 0 saturated heterocycles. The largest absolute Gasteiger partial charge is 4.00 e. The minimum Gasteiger partial charge on any atom is -0.667 e. The van der Waals surface area contributed by atoms with Crippen molar-refractivity contribution in [3.63, 3.8) is 0 Å². The van der Waals surface area contributed by atoms with E-state index in [4.69, 9.17) is 4.98 Å². The molecule has 22 heavy (non-hydrogen) atoms. The van der Waals surface area contributed by atoms with Crippen LogP contribution in [0, 0.1) is 40.0 Å². The van der Waals surface area contributed by atoms with E-state index in [1.54, 1.807) is 4.91 Å². The second-order valence-corrected chi connectivity index (χ2v) is 12.8. The van der Waals surface area contributed by atoms with Crippen molar-refractivity contribution in [1.29, 1.82) is 0 Å². The van der Waals surface area contributed by atoms with Crippen LogP contribution in [-0.2, 0) is 21.7 Å². The SMILES string of the molecule is C[N-][Si](C)(C)C1C2CCCCC2C2C=C(C)SC21.[CH3-].[CH3-].[CH3-].[Ti+4]. The predicted molar refractivity (Wildman–Crippen MR) is 104 cm³/mol. The van der Waals surface area contributed by atoms with Crippen LogP contribution in [0.5, 0.6) is 0 Å². The van der Waals surface area contributed by atoms with Crippen molar-refractivity contribution in [3.8, 4) is 0 Å². The van der Waals surface area contributed by atoms with Crippen LogP contribution >= 0.6 is 11.8 Å². The number of hydrogen-bond acceptors (Lipinski definition) is 1. The van der Waals surface area contributed by atoms with Crippen LogP contribution in [-0.4, -0.2) is 20.5 Å². The van der Waals surface area contributed by atoms with Gasteiger partial charge in [-0.2, -0.15) is 7.05 Å². The van der Waals surface area contributed by atoms with E-state index in [0.29, 0.717) is 0 Å². The molecule has 0 amide bonds. The Labute approximate surface area is 160 Å². The minimum atomic E-state index is -1.40. The summed E-state index contributed by atoms with van der Waals surface area (Å²) in [6.07, 6.45) is 8.53. The summed E-state index contributed by atoms with van der Waals surface area (Å²) in [6.45, 7) is 7.31. The molecule has 0 radical (unpaired) electrons. The van der Waals surface area contributed by atoms with Gasteiger partial charge in [0.05, 0.1) is 0 Å². The zero-order chi connectivity index (χ0) is 12.9. The van der Waals surface area contributed by atoms with Crippen LogP contribution in [0.2, 0.25) is 18.6 Å². The summed E-state index contributed by atoms with van der Waals surface area (Å²) in [5.41, 5.74) is 0.927. The zero-order valence-electron chi connectivity index (χ0n) is 15.6. The summed E-state index contributed by atoms with van der Waals surface area (Å²) in [6, 6.07) is 0. The second kappa shape index (κ2) is 9.46. The first-order valence-corrected chi connectivity index (χ1v) is 11.4. The maximum Gasteiger partial charge on any atom is 4.00 e. The fourth-order valence-corrected chi connectivity index (χ4v) is 10.2. The third-order valence-electron chi connectivity index (χ3n) is 5.71. The zero-order valence-corrected chi connectivity index (χ0v) is 19.0. The fourth-order valence-electron chi connectivity index (χ4n) is 4.81. The standard InChI is InChI=1S/C15H26NSSi.3CH3.Ti/c1-10-9-13-11-7-5-6-8-12(11)15(14(13)17-10)18(3,4)16-2;;;;/h9,11-15H,5-8H2,1-4H3;3*1H3;/q4*-1;+4. The maximum absolute atomic E-state index is 4.88. The first-order valence-electron chi connectivity index (χ1n) is 7.50. The number of allylic oxidation sites excluding steroid dienone is 2. The topological polar surface area (TPSA) is 14.1 Å². The molecule has 1 aliphatic heterocycles. The number of nitrogens with zero attached hydrogens (tertiary/aromatic N) is 1. The van der Waals surface area contributed by atoms with Crippen LogP contribution in [0.1, 0.15) is 32.6 Å². The molecule has 5 atom stereocenters. The number of rotatable bonds is 2. The Kier molecular flexibility index (Phi) is 10.8. The van der Waals surface area contributed by atoms with E-state index in [1.807, 2.05) is 0 Å². The van der Waals surface area contributed by atoms with Crippen molar-refractivity contribution in [1.82, 2.24) is 0 Å². The molecule has 1 heterocycles. The second-order valence-electron chi connectivity index (χ2n) is 6.95. The molecule has 2 aliphatic carbocycles. The molecule has 5 unspecified atom stereocenters. The van der Waals surface area contributed by atoms with Gasteiger partial charge in [-0.1, -0.05) is 46.7 Å². The Morgan fingerprint density at radius 1 is 1.09 bits per heavy atom. The van der Waals surface area contributed by atoms with Crippen LogP contribution in [0.15, 0.2) is 11.0 Å². The first kappa shape index (κ1) is 25.2. The molecule has 0 aromatic heterocycles. The Morgan fingerprint density at radius 2 is 1.64 bits per heavy atom. The van der Waals surface area contributed by atoms with Gasteiger partial charge >= 0.3 is 21.7 Å². The molecular weight excluding hydrogens is 338 g/mol. The Morgan fingerprint density at radius 3 is 2.18 bits per heavy atom. The summed E-state index contributed by atoms with van der Waals surface area (Å²) in [4.78, 5) is 6.46. The van der Waals surface area contributed by atoms with Crippen LogP contribution in [0.4, 0.5) is 0 Å². The van der Waals surface area contributed by atoms with Gasteiger partial charge in [0.15, 0.2) is 0 Å². The van der Waals surface area contributed by atoms with E-state index < -0.39 is 8.24 Å². The monoisotopic (exact) mass is 373 g/mol. The molecule has 0 bridgehead atoms. The molecule has 126 valence electrons. The molecule has 1 nitrogen and oxygen atoms in total. The molecule has 4 heteroatoms. The van der Waals surface area contributed by atoms with Crippen molar-refractivity contribution in [3.05, 3.63) is 38.2 Å². The molecule has 2 saturated carbocycles. The van der Waals surface area contributed by atoms with Crippen molar-refractivity contribution >= 4 is 20.0 Å². The maximum atomic E-state index is 4.88. The molecular formula is C18H35NSSiTi. The third-order valence-corrected chi connectivity index (χ3v) is 10.9. The van der Waals surface area contributed by atoms with Gasteiger partial charge in [-0.15, -0.1) is 11.8 Å². The Balaban J connectivity index is 0. The average molecular weight is 374 g/mol. The minimum absolute atomic E-state index is 0. The van der Waals surface area contributed by atoms with E-state index in [2.05, 4.69) is 44.9 Å². The molecule has 0 spiro atoms. The summed E-state index contributed by atoms with van der Waals surface area (Å²) in [5.74, 6) is 2.88. The summed E-state index contributed by atoms with van der Waals surface area (Å²) < 4.78 is 0. The molecule has 0 aromatic carbocycles. The smallest absolute Gasteiger partial charge is 0.667 e. The van der Waals surface area contributed by atoms with E-state index in [1.165, 1.54) is 25.7 Å². The van der Waals surface area contributed by atoms with E-state index in [0.717, 1.165) is 28.5 Å². The fraction of sp³-hybridized carbons (Fsp3) is 0.722. The Hall–Kier alpha value is 0.981. The predicted octanol–water partition coefficient (Wildman–Crippen LogP) is 6.37. The normalized spacial score (nSPS) is 35.6. The van der Waals surface area contributed by atoms with Crippen molar-refractivity contribution in [2.75, 3.05) is 7.05 Å². The average Bonchev–Trinajstić information content (AvgIpc) is 2.84. The van der Waals surface area contributed by atoms with Gasteiger partial charge in [0, 0.05) is 5.25 Å². The quantitative estimate of drug-likeness (QED) is 0.405.